The first-order chi connectivity index (χ1) is 12.6. The van der Waals surface area contributed by atoms with Crippen LogP contribution in [0.25, 0.3) is 0 Å². The van der Waals surface area contributed by atoms with Crippen LogP contribution in [0.4, 0.5) is 11.4 Å². The van der Waals surface area contributed by atoms with Crippen molar-refractivity contribution >= 4 is 45.1 Å². The van der Waals surface area contributed by atoms with Crippen molar-refractivity contribution < 1.29 is 19.1 Å². The molecular weight excluding hydrogens is 412 g/mol. The Morgan fingerprint density at radius 3 is 1.52 bits per heavy atom. The number of hydrogen-bond acceptors (Lipinski definition) is 4. The third-order valence-electron chi connectivity index (χ3n) is 4.13. The van der Waals surface area contributed by atoms with Gasteiger partial charge in [-0.2, -0.15) is 0 Å². The van der Waals surface area contributed by atoms with Crippen LogP contribution >= 0.6 is 15.9 Å². The Hall–Kier alpha value is -2.67. The van der Waals surface area contributed by atoms with Gasteiger partial charge in [-0.15, -0.1) is 0 Å². The molecule has 0 atom stereocenters. The van der Waals surface area contributed by atoms with Crippen LogP contribution in [-0.2, 0) is 14.3 Å². The van der Waals surface area contributed by atoms with Crippen molar-refractivity contribution in [1.82, 2.24) is 0 Å². The molecule has 0 fully saturated rings. The average Bonchev–Trinajstić information content (AvgIpc) is 2.59. The van der Waals surface area contributed by atoms with Gasteiger partial charge in [-0.3, -0.25) is 9.59 Å². The molecule has 2 aromatic rings. The molecule has 2 N–H and O–H groups in total. The number of rotatable bonds is 3. The van der Waals surface area contributed by atoms with Crippen molar-refractivity contribution in [1.29, 1.82) is 0 Å². The second-order valence-electron chi connectivity index (χ2n) is 6.30. The highest BCUT2D eigenvalue weighted by Gasteiger charge is 2.19. The number of carbonyl (C=O) groups excluding carboxylic acids is 3. The van der Waals surface area contributed by atoms with Gasteiger partial charge < -0.3 is 15.4 Å². The van der Waals surface area contributed by atoms with Gasteiger partial charge in [-0.25, -0.2) is 4.79 Å². The van der Waals surface area contributed by atoms with Crippen LogP contribution in [0.2, 0.25) is 0 Å². The monoisotopic (exact) mass is 432 g/mol. The van der Waals surface area contributed by atoms with Gasteiger partial charge in [-0.05, 0) is 74.2 Å². The van der Waals surface area contributed by atoms with E-state index in [1.54, 1.807) is 26.0 Å². The molecule has 2 amide bonds. The molecule has 0 aromatic heterocycles. The minimum absolute atomic E-state index is 0.385. The highest BCUT2D eigenvalue weighted by molar-refractivity contribution is 9.10. The fourth-order valence-corrected chi connectivity index (χ4v) is 3.53. The summed E-state index contributed by atoms with van der Waals surface area (Å²) in [6.07, 6.45) is 0. The molecule has 0 unspecified atom stereocenters. The van der Waals surface area contributed by atoms with E-state index in [0.717, 1.165) is 15.6 Å². The molecule has 0 spiro atoms. The second-order valence-corrected chi connectivity index (χ2v) is 7.22. The van der Waals surface area contributed by atoms with Gasteiger partial charge in [0.05, 0.1) is 12.7 Å². The molecule has 0 aliphatic rings. The lowest BCUT2D eigenvalue weighted by atomic mass is 10.0. The van der Waals surface area contributed by atoms with Gasteiger partial charge in [0.15, 0.2) is 0 Å². The van der Waals surface area contributed by atoms with Gasteiger partial charge in [-0.1, -0.05) is 15.9 Å². The number of nitrogens with one attached hydrogen (secondary N) is 2. The summed E-state index contributed by atoms with van der Waals surface area (Å²) in [4.78, 5) is 36.4. The van der Waals surface area contributed by atoms with Gasteiger partial charge in [0.2, 0.25) is 0 Å². The Morgan fingerprint density at radius 1 is 0.778 bits per heavy atom. The maximum atomic E-state index is 12.4. The predicted molar refractivity (Wildman–Crippen MR) is 108 cm³/mol. The highest BCUT2D eigenvalue weighted by atomic mass is 79.9. The minimum atomic E-state index is -0.784. The summed E-state index contributed by atoms with van der Waals surface area (Å²) in [6.45, 7) is 7.20. The molecule has 7 heteroatoms. The molecule has 0 aliphatic carbocycles. The maximum Gasteiger partial charge on any atom is 0.337 e. The van der Waals surface area contributed by atoms with Gasteiger partial charge in [0, 0.05) is 15.8 Å². The quantitative estimate of drug-likeness (QED) is 0.565. The summed E-state index contributed by atoms with van der Waals surface area (Å²) in [5, 5.41) is 5.28. The Labute approximate surface area is 166 Å². The van der Waals surface area contributed by atoms with E-state index < -0.39 is 17.8 Å². The van der Waals surface area contributed by atoms with Gasteiger partial charge >= 0.3 is 17.8 Å². The normalized spacial score (nSPS) is 10.3. The molecule has 0 saturated carbocycles. The third-order valence-corrected chi connectivity index (χ3v) is 4.59. The number of methoxy groups -OCH3 is 1. The fourth-order valence-electron chi connectivity index (χ4n) is 2.84. The average molecular weight is 433 g/mol. The first kappa shape index (κ1) is 20.6. The summed E-state index contributed by atoms with van der Waals surface area (Å²) < 4.78 is 5.61. The van der Waals surface area contributed by atoms with E-state index in [-0.39, 0.29) is 0 Å². The lowest BCUT2D eigenvalue weighted by Gasteiger charge is -2.15. The van der Waals surface area contributed by atoms with E-state index in [4.69, 9.17) is 4.74 Å². The van der Waals surface area contributed by atoms with Crippen LogP contribution in [0.1, 0.15) is 32.6 Å². The summed E-state index contributed by atoms with van der Waals surface area (Å²) in [7, 11) is 1.30. The van der Waals surface area contributed by atoms with Crippen molar-refractivity contribution in [3.05, 3.63) is 56.6 Å². The molecule has 2 rings (SSSR count). The number of benzene rings is 2. The molecule has 2 aromatic carbocycles. The number of anilines is 2. The molecule has 0 radical (unpaired) electrons. The van der Waals surface area contributed by atoms with Crippen LogP contribution in [-0.4, -0.2) is 24.9 Å². The molecule has 0 heterocycles. The molecule has 0 bridgehead atoms. The van der Waals surface area contributed by atoms with E-state index in [1.807, 2.05) is 26.0 Å². The van der Waals surface area contributed by atoms with Crippen LogP contribution in [0.3, 0.4) is 0 Å². The molecule has 142 valence electrons. The third kappa shape index (κ3) is 4.74. The van der Waals surface area contributed by atoms with Crippen molar-refractivity contribution in [2.75, 3.05) is 17.7 Å². The second kappa shape index (κ2) is 8.35. The summed E-state index contributed by atoms with van der Waals surface area (Å²) in [5.74, 6) is -2.01. The van der Waals surface area contributed by atoms with Gasteiger partial charge in [0.1, 0.15) is 0 Å². The number of halogens is 1. The number of hydrogen-bond donors (Lipinski definition) is 2. The fraction of sp³-hybridized carbons (Fsp3) is 0.250. The van der Waals surface area contributed by atoms with E-state index in [9.17, 15) is 14.4 Å². The summed E-state index contributed by atoms with van der Waals surface area (Å²) in [5.41, 5.74) is 4.49. The first-order valence-electron chi connectivity index (χ1n) is 8.22. The maximum absolute atomic E-state index is 12.4. The largest absolute Gasteiger partial charge is 0.465 e. The van der Waals surface area contributed by atoms with E-state index in [1.165, 1.54) is 7.11 Å². The Bertz CT molecular complexity index is 892. The van der Waals surface area contributed by atoms with Crippen LogP contribution < -0.4 is 10.6 Å². The van der Waals surface area contributed by atoms with Crippen LogP contribution in [0, 0.1) is 27.7 Å². The Kier molecular flexibility index (Phi) is 6.38. The molecule has 27 heavy (non-hydrogen) atoms. The lowest BCUT2D eigenvalue weighted by molar-refractivity contribution is -0.133. The number of amides is 2. The smallest absolute Gasteiger partial charge is 0.337 e. The van der Waals surface area contributed by atoms with Crippen LogP contribution in [0.15, 0.2) is 28.7 Å². The zero-order chi connectivity index (χ0) is 20.3. The van der Waals surface area contributed by atoms with Gasteiger partial charge in [0.25, 0.3) is 0 Å². The zero-order valence-electron chi connectivity index (χ0n) is 15.8. The molecular formula is C20H21BrN2O4. The first-order valence-corrected chi connectivity index (χ1v) is 9.02. The van der Waals surface area contributed by atoms with E-state index in [2.05, 4.69) is 26.6 Å². The Balaban J connectivity index is 2.20. The van der Waals surface area contributed by atoms with Crippen LogP contribution in [0.5, 0.6) is 0 Å². The topological polar surface area (TPSA) is 84.5 Å². The molecule has 6 nitrogen and oxygen atoms in total. The summed E-state index contributed by atoms with van der Waals surface area (Å²) >= 11 is 3.40. The van der Waals surface area contributed by atoms with Crippen molar-refractivity contribution in [2.45, 2.75) is 27.7 Å². The number of carbonyl (C=O) groups is 3. The minimum Gasteiger partial charge on any atom is -0.465 e. The van der Waals surface area contributed by atoms with Crippen molar-refractivity contribution in [2.24, 2.45) is 0 Å². The van der Waals surface area contributed by atoms with E-state index in [0.29, 0.717) is 28.1 Å². The van der Waals surface area contributed by atoms with E-state index >= 15 is 0 Å². The number of esters is 1. The van der Waals surface area contributed by atoms with Crippen molar-refractivity contribution in [3.8, 4) is 0 Å². The van der Waals surface area contributed by atoms with Crippen molar-refractivity contribution in [3.63, 3.8) is 0 Å². The standard InChI is InChI=1S/C20H21BrN2O4/c1-10-6-14(20(26)27-5)7-11(2)16(10)22-18(24)19(25)23-17-12(3)8-15(21)9-13(17)4/h6-9H,1-5H3,(H,22,24)(H,23,25). The predicted octanol–water partition coefficient (Wildman–Crippen LogP) is 4.05. The Morgan fingerprint density at radius 2 is 1.15 bits per heavy atom. The number of ether oxygens (including phenoxy) is 1. The number of aryl methyl sites for hydroxylation is 4. The summed E-state index contributed by atoms with van der Waals surface area (Å²) in [6, 6.07) is 6.94. The molecule has 0 saturated heterocycles. The highest BCUT2D eigenvalue weighted by Crippen LogP contribution is 2.26. The molecule has 0 aliphatic heterocycles. The SMILES string of the molecule is COC(=O)c1cc(C)c(NC(=O)C(=O)Nc2c(C)cc(Br)cc2C)c(C)c1. The lowest BCUT2D eigenvalue weighted by Crippen LogP contribution is -2.30. The zero-order valence-corrected chi connectivity index (χ0v) is 17.4.